The van der Waals surface area contributed by atoms with Crippen molar-refractivity contribution in [3.05, 3.63) is 70.5 Å². The number of hydrogen-bond acceptors (Lipinski definition) is 6. The lowest BCUT2D eigenvalue weighted by Crippen LogP contribution is -2.16. The lowest BCUT2D eigenvalue weighted by molar-refractivity contribution is 0.102. The van der Waals surface area contributed by atoms with Crippen LogP contribution in [0.5, 0.6) is 11.5 Å². The Bertz CT molecular complexity index is 1080. The molecule has 1 aromatic heterocycles. The number of ether oxygens (including phenoxy) is 2. The van der Waals surface area contributed by atoms with Crippen molar-refractivity contribution in [2.24, 2.45) is 0 Å². The van der Waals surface area contributed by atoms with E-state index in [0.717, 1.165) is 28.3 Å². The maximum atomic E-state index is 12.6. The Morgan fingerprint density at radius 2 is 1.86 bits per heavy atom. The van der Waals surface area contributed by atoms with Gasteiger partial charge in [-0.2, -0.15) is 0 Å². The molecule has 7 nitrogen and oxygen atoms in total. The van der Waals surface area contributed by atoms with E-state index in [9.17, 15) is 4.79 Å². The van der Waals surface area contributed by atoms with E-state index < -0.39 is 0 Å². The van der Waals surface area contributed by atoms with Gasteiger partial charge in [-0.25, -0.2) is 9.97 Å². The normalized spacial score (nSPS) is 12.0. The fourth-order valence-electron chi connectivity index (χ4n) is 3.02. The van der Waals surface area contributed by atoms with Crippen molar-refractivity contribution < 1.29 is 14.3 Å². The fourth-order valence-corrected chi connectivity index (χ4v) is 3.02. The third-order valence-corrected chi connectivity index (χ3v) is 4.88. The van der Waals surface area contributed by atoms with E-state index in [1.54, 1.807) is 13.1 Å². The standard InChI is InChI=1S/C22H22N4O3/c1-13-4-6-17(8-14(13)2)26-21(27)18-11-24-22(25-15(18)3)23-10-16-5-7-19-20(9-16)29-12-28-19/h4-9,11H,10,12H2,1-3H3,(H,26,27)(H,23,24,25). The number of aryl methyl sites for hydroxylation is 3. The highest BCUT2D eigenvalue weighted by Crippen LogP contribution is 2.32. The monoisotopic (exact) mass is 390 g/mol. The molecule has 1 aliphatic rings. The number of aromatic nitrogens is 2. The van der Waals surface area contributed by atoms with Gasteiger partial charge in [0.05, 0.1) is 11.3 Å². The Morgan fingerprint density at radius 3 is 2.66 bits per heavy atom. The Balaban J connectivity index is 1.41. The summed E-state index contributed by atoms with van der Waals surface area (Å²) in [6.45, 7) is 6.63. The lowest BCUT2D eigenvalue weighted by Gasteiger charge is -2.11. The molecule has 0 radical (unpaired) electrons. The third-order valence-electron chi connectivity index (χ3n) is 4.88. The summed E-state index contributed by atoms with van der Waals surface area (Å²) in [7, 11) is 0. The molecule has 7 heteroatoms. The summed E-state index contributed by atoms with van der Waals surface area (Å²) in [4.78, 5) is 21.3. The summed E-state index contributed by atoms with van der Waals surface area (Å²) in [6, 6.07) is 11.6. The second-order valence-electron chi connectivity index (χ2n) is 6.99. The maximum Gasteiger partial charge on any atom is 0.259 e. The Hall–Kier alpha value is -3.61. The van der Waals surface area contributed by atoms with Gasteiger partial charge in [0.2, 0.25) is 12.7 Å². The van der Waals surface area contributed by atoms with Gasteiger partial charge in [-0.05, 0) is 61.7 Å². The molecule has 0 aliphatic carbocycles. The van der Waals surface area contributed by atoms with Crippen molar-refractivity contribution in [2.45, 2.75) is 27.3 Å². The van der Waals surface area contributed by atoms with E-state index in [0.29, 0.717) is 23.8 Å². The van der Waals surface area contributed by atoms with Gasteiger partial charge in [-0.3, -0.25) is 4.79 Å². The van der Waals surface area contributed by atoms with E-state index in [1.807, 2.05) is 50.2 Å². The predicted octanol–water partition coefficient (Wildman–Crippen LogP) is 3.99. The molecule has 4 rings (SSSR count). The first-order valence-corrected chi connectivity index (χ1v) is 9.34. The molecule has 0 bridgehead atoms. The summed E-state index contributed by atoms with van der Waals surface area (Å²) in [5.41, 5.74) is 5.13. The van der Waals surface area contributed by atoms with Crippen LogP contribution in [0.2, 0.25) is 0 Å². The van der Waals surface area contributed by atoms with Crippen molar-refractivity contribution in [3.63, 3.8) is 0 Å². The predicted molar refractivity (Wildman–Crippen MR) is 111 cm³/mol. The zero-order valence-corrected chi connectivity index (χ0v) is 16.6. The molecule has 2 N–H and O–H groups in total. The highest BCUT2D eigenvalue weighted by Gasteiger charge is 2.14. The van der Waals surface area contributed by atoms with Crippen LogP contribution in [0.3, 0.4) is 0 Å². The number of anilines is 2. The molecule has 148 valence electrons. The molecule has 0 saturated heterocycles. The number of hydrogen-bond donors (Lipinski definition) is 2. The average Bonchev–Trinajstić information content (AvgIpc) is 3.17. The van der Waals surface area contributed by atoms with Gasteiger partial charge in [0.1, 0.15) is 0 Å². The van der Waals surface area contributed by atoms with E-state index in [2.05, 4.69) is 20.6 Å². The summed E-state index contributed by atoms with van der Waals surface area (Å²) >= 11 is 0. The minimum atomic E-state index is -0.229. The SMILES string of the molecule is Cc1ccc(NC(=O)c2cnc(NCc3ccc4c(c3)OCO4)nc2C)cc1C. The van der Waals surface area contributed by atoms with E-state index in [-0.39, 0.29) is 12.7 Å². The van der Waals surface area contributed by atoms with Crippen LogP contribution in [0, 0.1) is 20.8 Å². The molecule has 0 unspecified atom stereocenters. The third kappa shape index (κ3) is 4.13. The van der Waals surface area contributed by atoms with Crippen molar-refractivity contribution in [1.82, 2.24) is 9.97 Å². The number of benzene rings is 2. The molecular weight excluding hydrogens is 368 g/mol. The highest BCUT2D eigenvalue weighted by molar-refractivity contribution is 6.04. The molecule has 0 saturated carbocycles. The Kier molecular flexibility index (Phi) is 5.03. The molecule has 29 heavy (non-hydrogen) atoms. The van der Waals surface area contributed by atoms with Crippen molar-refractivity contribution in [3.8, 4) is 11.5 Å². The van der Waals surface area contributed by atoms with Crippen LogP contribution in [0.1, 0.15) is 32.7 Å². The minimum absolute atomic E-state index is 0.229. The lowest BCUT2D eigenvalue weighted by atomic mass is 10.1. The van der Waals surface area contributed by atoms with Crippen LogP contribution >= 0.6 is 0 Å². The van der Waals surface area contributed by atoms with Gasteiger partial charge in [0, 0.05) is 18.4 Å². The van der Waals surface area contributed by atoms with E-state index in [4.69, 9.17) is 9.47 Å². The number of nitrogens with one attached hydrogen (secondary N) is 2. The largest absolute Gasteiger partial charge is 0.454 e. The van der Waals surface area contributed by atoms with Crippen LogP contribution in [0.15, 0.2) is 42.6 Å². The van der Waals surface area contributed by atoms with Crippen LogP contribution < -0.4 is 20.1 Å². The van der Waals surface area contributed by atoms with Gasteiger partial charge in [-0.1, -0.05) is 12.1 Å². The molecule has 1 amide bonds. The maximum absolute atomic E-state index is 12.6. The van der Waals surface area contributed by atoms with Crippen LogP contribution in [0.4, 0.5) is 11.6 Å². The number of nitrogens with zero attached hydrogens (tertiary/aromatic N) is 2. The summed E-state index contributed by atoms with van der Waals surface area (Å²) in [5.74, 6) is 1.72. The highest BCUT2D eigenvalue weighted by atomic mass is 16.7. The van der Waals surface area contributed by atoms with E-state index >= 15 is 0 Å². The summed E-state index contributed by atoms with van der Waals surface area (Å²) < 4.78 is 10.7. The molecule has 2 heterocycles. The van der Waals surface area contributed by atoms with Gasteiger partial charge >= 0.3 is 0 Å². The second kappa shape index (κ2) is 7.79. The molecule has 1 aliphatic heterocycles. The minimum Gasteiger partial charge on any atom is -0.454 e. The number of amides is 1. The zero-order valence-electron chi connectivity index (χ0n) is 16.6. The topological polar surface area (TPSA) is 85.4 Å². The van der Waals surface area contributed by atoms with Crippen molar-refractivity contribution in [2.75, 3.05) is 17.4 Å². The first-order valence-electron chi connectivity index (χ1n) is 9.34. The van der Waals surface area contributed by atoms with Crippen LogP contribution in [0.25, 0.3) is 0 Å². The molecule has 3 aromatic rings. The van der Waals surface area contributed by atoms with Gasteiger partial charge in [0.25, 0.3) is 5.91 Å². The summed E-state index contributed by atoms with van der Waals surface area (Å²) in [5, 5.41) is 6.08. The Morgan fingerprint density at radius 1 is 1.03 bits per heavy atom. The fraction of sp³-hybridized carbons (Fsp3) is 0.227. The number of carbonyl (C=O) groups excluding carboxylic acids is 1. The second-order valence-corrected chi connectivity index (χ2v) is 6.99. The first kappa shape index (κ1) is 18.7. The zero-order chi connectivity index (χ0) is 20.4. The first-order chi connectivity index (χ1) is 14.0. The number of carbonyl (C=O) groups is 1. The van der Waals surface area contributed by atoms with Gasteiger partial charge in [-0.15, -0.1) is 0 Å². The number of rotatable bonds is 5. The number of fused-ring (bicyclic) bond motifs is 1. The molecular formula is C22H22N4O3. The smallest absolute Gasteiger partial charge is 0.259 e. The van der Waals surface area contributed by atoms with Crippen molar-refractivity contribution >= 4 is 17.5 Å². The van der Waals surface area contributed by atoms with Crippen LogP contribution in [-0.2, 0) is 6.54 Å². The van der Waals surface area contributed by atoms with E-state index in [1.165, 1.54) is 5.56 Å². The molecule has 2 aromatic carbocycles. The van der Waals surface area contributed by atoms with Gasteiger partial charge < -0.3 is 20.1 Å². The molecule has 0 spiro atoms. The quantitative estimate of drug-likeness (QED) is 0.685. The van der Waals surface area contributed by atoms with Crippen molar-refractivity contribution in [1.29, 1.82) is 0 Å². The molecule has 0 atom stereocenters. The van der Waals surface area contributed by atoms with Gasteiger partial charge in [0.15, 0.2) is 11.5 Å². The molecule has 0 fully saturated rings. The summed E-state index contributed by atoms with van der Waals surface area (Å²) in [6.07, 6.45) is 1.54. The van der Waals surface area contributed by atoms with Crippen LogP contribution in [-0.4, -0.2) is 22.7 Å². The average molecular weight is 390 g/mol. The Labute approximate surface area is 169 Å².